The van der Waals surface area contributed by atoms with Gasteiger partial charge in [-0.15, -0.1) is 6.58 Å². The Morgan fingerprint density at radius 1 is 1.17 bits per heavy atom. The van der Waals surface area contributed by atoms with Crippen LogP contribution in [0, 0.1) is 0 Å². The van der Waals surface area contributed by atoms with Crippen LogP contribution in [-0.2, 0) is 15.9 Å². The molecule has 0 aromatic heterocycles. The van der Waals surface area contributed by atoms with Gasteiger partial charge in [0.25, 0.3) is 0 Å². The summed E-state index contributed by atoms with van der Waals surface area (Å²) in [6.07, 6.45) is 2.70. The number of fused-ring (bicyclic) bond motifs is 1. The molecule has 6 heteroatoms. The van der Waals surface area contributed by atoms with E-state index in [1.165, 1.54) is 17.0 Å². The molecule has 2 atom stereocenters. The molecular weight excluding hydrogens is 370 g/mol. The average molecular weight is 393 g/mol. The van der Waals surface area contributed by atoms with Crippen molar-refractivity contribution in [2.75, 3.05) is 11.5 Å². The van der Waals surface area contributed by atoms with Crippen LogP contribution in [0.4, 0.5) is 10.5 Å². The van der Waals surface area contributed by atoms with Crippen LogP contribution in [0.5, 0.6) is 5.75 Å². The monoisotopic (exact) mass is 393 g/mol. The second kappa shape index (κ2) is 9.10. The van der Waals surface area contributed by atoms with Crippen molar-refractivity contribution in [1.29, 1.82) is 0 Å². The van der Waals surface area contributed by atoms with Crippen LogP contribution in [0.25, 0.3) is 0 Å². The van der Waals surface area contributed by atoms with Crippen molar-refractivity contribution in [3.63, 3.8) is 0 Å². The van der Waals surface area contributed by atoms with Gasteiger partial charge in [-0.1, -0.05) is 36.9 Å². The van der Waals surface area contributed by atoms with Crippen molar-refractivity contribution in [3.05, 3.63) is 85.0 Å². The standard InChI is InChI=1S/C23H23NO5/c1-3-8-21(29-22(26)16-9-6-5-7-10-16)20-15-17-14-18(25)11-12-19(17)24(20)23(27)28-13-4-2/h3-7,9-12,14,20-21,25H,1-2,8,13,15H2/t20-,21+/m0/s1. The zero-order valence-corrected chi connectivity index (χ0v) is 16.0. The molecule has 0 fully saturated rings. The Balaban J connectivity index is 1.90. The summed E-state index contributed by atoms with van der Waals surface area (Å²) >= 11 is 0. The van der Waals surface area contributed by atoms with E-state index in [4.69, 9.17) is 9.47 Å². The lowest BCUT2D eigenvalue weighted by molar-refractivity contribution is 0.0242. The molecule has 2 aromatic rings. The molecule has 3 rings (SSSR count). The van der Waals surface area contributed by atoms with Gasteiger partial charge in [0.15, 0.2) is 0 Å². The molecule has 0 aliphatic carbocycles. The van der Waals surface area contributed by atoms with Gasteiger partial charge in [-0.05, 0) is 42.3 Å². The van der Waals surface area contributed by atoms with Gasteiger partial charge in [-0.25, -0.2) is 9.59 Å². The van der Waals surface area contributed by atoms with E-state index in [1.807, 2.05) is 6.07 Å². The number of nitrogens with zero attached hydrogens (tertiary/aromatic N) is 1. The van der Waals surface area contributed by atoms with E-state index < -0.39 is 24.2 Å². The van der Waals surface area contributed by atoms with E-state index in [0.29, 0.717) is 24.1 Å². The lowest BCUT2D eigenvalue weighted by Gasteiger charge is -2.30. The summed E-state index contributed by atoms with van der Waals surface area (Å²) in [5.41, 5.74) is 1.82. The maximum Gasteiger partial charge on any atom is 0.415 e. The van der Waals surface area contributed by atoms with Crippen molar-refractivity contribution >= 4 is 17.7 Å². The Morgan fingerprint density at radius 3 is 2.62 bits per heavy atom. The quantitative estimate of drug-likeness (QED) is 0.562. The summed E-state index contributed by atoms with van der Waals surface area (Å²) in [6, 6.07) is 12.9. The highest BCUT2D eigenvalue weighted by molar-refractivity contribution is 5.92. The number of hydrogen-bond donors (Lipinski definition) is 1. The second-order valence-corrected chi connectivity index (χ2v) is 6.65. The van der Waals surface area contributed by atoms with Crippen LogP contribution in [-0.4, -0.2) is 35.9 Å². The maximum atomic E-state index is 12.8. The molecule has 0 unspecified atom stereocenters. The van der Waals surface area contributed by atoms with Crippen molar-refractivity contribution in [2.24, 2.45) is 0 Å². The van der Waals surface area contributed by atoms with Gasteiger partial charge in [0.05, 0.1) is 17.3 Å². The fourth-order valence-corrected chi connectivity index (χ4v) is 3.42. The van der Waals surface area contributed by atoms with Crippen molar-refractivity contribution < 1.29 is 24.2 Å². The van der Waals surface area contributed by atoms with Gasteiger partial charge < -0.3 is 14.6 Å². The number of carbonyl (C=O) groups is 2. The topological polar surface area (TPSA) is 76.1 Å². The Kier molecular flexibility index (Phi) is 6.34. The number of carbonyl (C=O) groups excluding carboxylic acids is 2. The van der Waals surface area contributed by atoms with E-state index in [2.05, 4.69) is 13.2 Å². The molecule has 6 nitrogen and oxygen atoms in total. The summed E-state index contributed by atoms with van der Waals surface area (Å²) in [4.78, 5) is 26.8. The number of phenols is 1. The Hall–Kier alpha value is -3.54. The molecular formula is C23H23NO5. The largest absolute Gasteiger partial charge is 0.508 e. The van der Waals surface area contributed by atoms with Gasteiger partial charge in [-0.2, -0.15) is 0 Å². The smallest absolute Gasteiger partial charge is 0.415 e. The van der Waals surface area contributed by atoms with Gasteiger partial charge in [0.2, 0.25) is 0 Å². The molecule has 1 aliphatic rings. The third-order valence-corrected chi connectivity index (χ3v) is 4.70. The van der Waals surface area contributed by atoms with Crippen LogP contribution in [0.3, 0.4) is 0 Å². The zero-order valence-electron chi connectivity index (χ0n) is 16.0. The lowest BCUT2D eigenvalue weighted by atomic mass is 10.0. The fourth-order valence-electron chi connectivity index (χ4n) is 3.42. The molecule has 0 bridgehead atoms. The molecule has 150 valence electrons. The highest BCUT2D eigenvalue weighted by Gasteiger charge is 2.41. The van der Waals surface area contributed by atoms with Crippen LogP contribution >= 0.6 is 0 Å². The normalized spacial score (nSPS) is 15.9. The molecule has 1 N–H and O–H groups in total. The third-order valence-electron chi connectivity index (χ3n) is 4.70. The fraction of sp³-hybridized carbons (Fsp3) is 0.217. The molecule has 29 heavy (non-hydrogen) atoms. The van der Waals surface area contributed by atoms with Gasteiger partial charge in [-0.3, -0.25) is 4.90 Å². The molecule has 2 aromatic carbocycles. The predicted octanol–water partition coefficient (Wildman–Crippen LogP) is 4.25. The van der Waals surface area contributed by atoms with Crippen LogP contribution in [0.1, 0.15) is 22.3 Å². The molecule has 0 spiro atoms. The van der Waals surface area contributed by atoms with E-state index in [0.717, 1.165) is 5.56 Å². The first-order chi connectivity index (χ1) is 14.0. The first-order valence-electron chi connectivity index (χ1n) is 9.30. The molecule has 1 amide bonds. The number of amides is 1. The van der Waals surface area contributed by atoms with Crippen LogP contribution in [0.2, 0.25) is 0 Å². The highest BCUT2D eigenvalue weighted by atomic mass is 16.6. The summed E-state index contributed by atoms with van der Waals surface area (Å²) in [7, 11) is 0. The van der Waals surface area contributed by atoms with Crippen LogP contribution < -0.4 is 4.90 Å². The number of anilines is 1. The Morgan fingerprint density at radius 2 is 1.93 bits per heavy atom. The van der Waals surface area contributed by atoms with Crippen molar-refractivity contribution in [1.82, 2.24) is 0 Å². The van der Waals surface area contributed by atoms with E-state index >= 15 is 0 Å². The molecule has 1 heterocycles. The van der Waals surface area contributed by atoms with Gasteiger partial charge in [0.1, 0.15) is 18.5 Å². The number of hydrogen-bond acceptors (Lipinski definition) is 5. The molecule has 0 saturated heterocycles. The minimum absolute atomic E-state index is 0.0609. The molecule has 0 radical (unpaired) electrons. The Bertz CT molecular complexity index is 909. The average Bonchev–Trinajstić information content (AvgIpc) is 3.10. The van der Waals surface area contributed by atoms with Crippen molar-refractivity contribution in [2.45, 2.75) is 25.0 Å². The lowest BCUT2D eigenvalue weighted by Crippen LogP contribution is -2.47. The zero-order chi connectivity index (χ0) is 20.8. The minimum Gasteiger partial charge on any atom is -0.508 e. The van der Waals surface area contributed by atoms with E-state index in [-0.39, 0.29) is 12.4 Å². The number of esters is 1. The summed E-state index contributed by atoms with van der Waals surface area (Å²) in [6.45, 7) is 7.38. The van der Waals surface area contributed by atoms with Gasteiger partial charge in [0, 0.05) is 6.42 Å². The molecule has 1 aliphatic heterocycles. The van der Waals surface area contributed by atoms with Crippen LogP contribution in [0.15, 0.2) is 73.8 Å². The Labute approximate surface area is 169 Å². The first kappa shape index (κ1) is 20.2. The predicted molar refractivity (Wildman–Crippen MR) is 110 cm³/mol. The number of aromatic hydroxyl groups is 1. The van der Waals surface area contributed by atoms with Gasteiger partial charge >= 0.3 is 12.1 Å². The summed E-state index contributed by atoms with van der Waals surface area (Å²) in [5, 5.41) is 9.84. The highest BCUT2D eigenvalue weighted by Crippen LogP contribution is 2.37. The SMILES string of the molecule is C=CCOC(=O)N1c2ccc(O)cc2C[C@H]1[C@@H](CC=C)OC(=O)c1ccccc1. The number of rotatable bonds is 7. The second-order valence-electron chi connectivity index (χ2n) is 6.65. The maximum absolute atomic E-state index is 12.8. The molecule has 0 saturated carbocycles. The number of phenolic OH excluding ortho intramolecular Hbond substituents is 1. The van der Waals surface area contributed by atoms with E-state index in [9.17, 15) is 14.7 Å². The summed E-state index contributed by atoms with van der Waals surface area (Å²) < 4.78 is 11.0. The van der Waals surface area contributed by atoms with Crippen molar-refractivity contribution in [3.8, 4) is 5.75 Å². The summed E-state index contributed by atoms with van der Waals surface area (Å²) in [5.74, 6) is -0.374. The number of ether oxygens (including phenoxy) is 2. The third kappa shape index (κ3) is 4.48. The minimum atomic E-state index is -0.633. The number of benzene rings is 2. The van der Waals surface area contributed by atoms with E-state index in [1.54, 1.807) is 42.5 Å². The first-order valence-corrected chi connectivity index (χ1v) is 9.30.